The van der Waals surface area contributed by atoms with Gasteiger partial charge in [-0.3, -0.25) is 19.4 Å². The zero-order valence-electron chi connectivity index (χ0n) is 26.0. The van der Waals surface area contributed by atoms with Gasteiger partial charge in [0.2, 0.25) is 0 Å². The summed E-state index contributed by atoms with van der Waals surface area (Å²) in [5.74, 6) is -2.36. The van der Waals surface area contributed by atoms with E-state index in [1.807, 2.05) is 41.5 Å². The van der Waals surface area contributed by atoms with Gasteiger partial charge in [-0.2, -0.15) is 0 Å². The van der Waals surface area contributed by atoms with E-state index in [1.54, 1.807) is 12.5 Å². The van der Waals surface area contributed by atoms with E-state index in [4.69, 9.17) is 32.5 Å². The molecule has 1 heterocycles. The van der Waals surface area contributed by atoms with Crippen LogP contribution in [-0.4, -0.2) is 92.5 Å². The molecule has 0 aliphatic carbocycles. The molecule has 0 fully saturated rings. The number of aliphatic imine (C=N–C) groups is 1. The Hall–Kier alpha value is -3.27. The number of aliphatic carboxylic acids is 3. The van der Waals surface area contributed by atoms with E-state index in [9.17, 15) is 14.4 Å². The highest BCUT2D eigenvalue weighted by Crippen LogP contribution is 2.14. The van der Waals surface area contributed by atoms with Crippen LogP contribution in [0.1, 0.15) is 91.8 Å². The van der Waals surface area contributed by atoms with Crippen molar-refractivity contribution >= 4 is 23.9 Å². The summed E-state index contributed by atoms with van der Waals surface area (Å²) in [4.78, 5) is 42.3. The lowest BCUT2D eigenvalue weighted by Gasteiger charge is -2.19. The van der Waals surface area contributed by atoms with Crippen LogP contribution in [0, 0.1) is 0 Å². The van der Waals surface area contributed by atoms with Gasteiger partial charge in [0, 0.05) is 43.0 Å². The van der Waals surface area contributed by atoms with Crippen molar-refractivity contribution in [3.8, 4) is 0 Å². The molecule has 244 valence electrons. The van der Waals surface area contributed by atoms with Crippen molar-refractivity contribution < 1.29 is 29.7 Å². The molecule has 0 aliphatic rings. The van der Waals surface area contributed by atoms with E-state index in [0.717, 1.165) is 18.5 Å². The van der Waals surface area contributed by atoms with Gasteiger partial charge in [-0.05, 0) is 25.8 Å². The lowest BCUT2D eigenvalue weighted by atomic mass is 10.1. The molecular weight excluding hydrogens is 546 g/mol. The van der Waals surface area contributed by atoms with Gasteiger partial charge in [0.1, 0.15) is 0 Å². The highest BCUT2D eigenvalue weighted by Gasteiger charge is 2.17. The largest absolute Gasteiger partial charge is 0.481 e. The van der Waals surface area contributed by atoms with Crippen LogP contribution in [0.4, 0.5) is 0 Å². The Morgan fingerprint density at radius 1 is 0.833 bits per heavy atom. The fourth-order valence-electron chi connectivity index (χ4n) is 3.86. The second kappa shape index (κ2) is 24.3. The molecule has 0 radical (unpaired) electrons. The Bertz CT molecular complexity index is 875. The molecule has 3 atom stereocenters. The summed E-state index contributed by atoms with van der Waals surface area (Å²) in [6.45, 7) is 13.0. The zero-order chi connectivity index (χ0) is 32.7. The molecule has 1 rings (SSSR count). The Morgan fingerprint density at radius 2 is 1.31 bits per heavy atom. The molecule has 0 amide bonds. The number of nitrogens with zero attached hydrogens (tertiary/aromatic N) is 2. The maximum Gasteiger partial charge on any atom is 0.305 e. The highest BCUT2D eigenvalue weighted by atomic mass is 16.4. The topological polar surface area (TPSA) is 267 Å². The number of aromatic nitrogens is 2. The van der Waals surface area contributed by atoms with Crippen LogP contribution in [0.5, 0.6) is 0 Å². The Labute approximate surface area is 249 Å². The monoisotopic (exact) mass is 601 g/mol. The molecule has 3 unspecified atom stereocenters. The summed E-state index contributed by atoms with van der Waals surface area (Å²) in [5.41, 5.74) is 16.5. The van der Waals surface area contributed by atoms with Crippen molar-refractivity contribution in [2.75, 3.05) is 13.1 Å². The van der Waals surface area contributed by atoms with Crippen LogP contribution in [0.25, 0.3) is 0 Å². The molecule has 0 saturated carbocycles. The zero-order valence-corrected chi connectivity index (χ0v) is 26.0. The normalized spacial score (nSPS) is 12.9. The quantitative estimate of drug-likeness (QED) is 0.0783. The predicted octanol–water partition coefficient (Wildman–Crippen LogP) is 0.981. The first-order valence-electron chi connectivity index (χ1n) is 14.2. The van der Waals surface area contributed by atoms with E-state index in [-0.39, 0.29) is 55.4 Å². The maximum absolute atomic E-state index is 10.6. The summed E-state index contributed by atoms with van der Waals surface area (Å²) < 4.78 is 0. The van der Waals surface area contributed by atoms with Gasteiger partial charge in [0.15, 0.2) is 5.96 Å². The molecule has 1 aromatic rings. The lowest BCUT2D eigenvalue weighted by molar-refractivity contribution is -0.138. The molecule has 0 aliphatic heterocycles. The summed E-state index contributed by atoms with van der Waals surface area (Å²) in [7, 11) is 0. The molecule has 15 nitrogen and oxygen atoms in total. The number of carboxylic acid groups (broad SMARTS) is 3. The third-order valence-corrected chi connectivity index (χ3v) is 5.32. The van der Waals surface area contributed by atoms with Crippen LogP contribution >= 0.6 is 0 Å². The number of aromatic amines is 1. The summed E-state index contributed by atoms with van der Waals surface area (Å²) in [6, 6.07) is 0.569. The van der Waals surface area contributed by atoms with Crippen molar-refractivity contribution in [1.29, 1.82) is 0 Å². The molecule has 1 aromatic heterocycles. The van der Waals surface area contributed by atoms with Gasteiger partial charge in [0.05, 0.1) is 37.3 Å². The van der Waals surface area contributed by atoms with E-state index in [2.05, 4.69) is 30.9 Å². The molecule has 42 heavy (non-hydrogen) atoms. The minimum Gasteiger partial charge on any atom is -0.481 e. The van der Waals surface area contributed by atoms with Crippen molar-refractivity contribution in [1.82, 2.24) is 25.9 Å². The third kappa shape index (κ3) is 26.9. The van der Waals surface area contributed by atoms with Crippen molar-refractivity contribution in [2.45, 2.75) is 116 Å². The maximum atomic E-state index is 10.6. The van der Waals surface area contributed by atoms with Crippen LogP contribution in [0.15, 0.2) is 17.5 Å². The highest BCUT2D eigenvalue weighted by molar-refractivity contribution is 5.75. The second-order valence-electron chi connectivity index (χ2n) is 10.7. The van der Waals surface area contributed by atoms with Crippen molar-refractivity contribution in [3.05, 3.63) is 18.2 Å². The fourth-order valence-corrected chi connectivity index (χ4v) is 3.86. The van der Waals surface area contributed by atoms with Crippen LogP contribution in [-0.2, 0) is 14.4 Å². The Kier molecular flexibility index (Phi) is 23.7. The molecule has 0 bridgehead atoms. The number of hydrogen-bond donors (Lipinski definition) is 10. The Morgan fingerprint density at radius 3 is 1.67 bits per heavy atom. The summed E-state index contributed by atoms with van der Waals surface area (Å²) in [6.07, 6.45) is 5.83. The van der Waals surface area contributed by atoms with Crippen LogP contribution in [0.3, 0.4) is 0 Å². The first-order valence-corrected chi connectivity index (χ1v) is 14.2. The first-order chi connectivity index (χ1) is 19.6. The standard InChI is InChI=1S/C9H20N4O2.C9H15N3O2.C9H20N2O2/c1-6(2)13-7(5-8(14)15)3-4-12-9(10)11;1-6(2)12-7(3-9(13)14)8-4-10-5-11-8;1-7(2)11-8(4-3-5-10)6-9(12)13/h6-7,13H,3-5H2,1-2H3,(H,14,15)(H4,10,11,12);4-7,12H,3H2,1-2H3,(H,10,11)(H,13,14);7-8,11H,3-6,10H2,1-2H3,(H,12,13). The number of nitrogens with two attached hydrogens (primary N) is 3. The molecule has 0 saturated heterocycles. The average molecular weight is 602 g/mol. The summed E-state index contributed by atoms with van der Waals surface area (Å²) >= 11 is 0. The van der Waals surface area contributed by atoms with Gasteiger partial charge in [-0.25, -0.2) is 4.98 Å². The van der Waals surface area contributed by atoms with E-state index < -0.39 is 17.9 Å². The van der Waals surface area contributed by atoms with Crippen molar-refractivity contribution in [2.24, 2.45) is 22.2 Å². The number of imidazole rings is 1. The van der Waals surface area contributed by atoms with Gasteiger partial charge >= 0.3 is 17.9 Å². The number of hydrogen-bond acceptors (Lipinski definition) is 9. The number of nitrogens with one attached hydrogen (secondary N) is 4. The van der Waals surface area contributed by atoms with E-state index in [1.165, 1.54) is 0 Å². The molecular formula is C27H55N9O6. The lowest BCUT2D eigenvalue weighted by Crippen LogP contribution is -2.37. The third-order valence-electron chi connectivity index (χ3n) is 5.32. The second-order valence-corrected chi connectivity index (χ2v) is 10.7. The van der Waals surface area contributed by atoms with Gasteiger partial charge in [-0.15, -0.1) is 0 Å². The average Bonchev–Trinajstić information content (AvgIpc) is 3.36. The number of rotatable bonds is 19. The summed E-state index contributed by atoms with van der Waals surface area (Å²) in [5, 5.41) is 35.6. The SMILES string of the molecule is CC(C)NC(CC(=O)O)c1cnc[nH]1.CC(C)NC(CCCN)CC(=O)O.CC(C)NC(CCN=C(N)N)CC(=O)O. The molecule has 0 spiro atoms. The number of carbonyl (C=O) groups is 3. The molecule has 13 N–H and O–H groups in total. The number of carboxylic acids is 3. The molecule has 15 heteroatoms. The van der Waals surface area contributed by atoms with Gasteiger partial charge < -0.3 is 53.5 Å². The number of H-pyrrole nitrogens is 1. The van der Waals surface area contributed by atoms with Gasteiger partial charge in [-0.1, -0.05) is 41.5 Å². The van der Waals surface area contributed by atoms with E-state index >= 15 is 0 Å². The molecule has 0 aromatic carbocycles. The van der Waals surface area contributed by atoms with Gasteiger partial charge in [0.25, 0.3) is 0 Å². The van der Waals surface area contributed by atoms with Crippen molar-refractivity contribution in [3.63, 3.8) is 0 Å². The minimum atomic E-state index is -0.822. The minimum absolute atomic E-state index is 0.0358. The number of guanidine groups is 1. The first kappa shape index (κ1) is 40.9. The predicted molar refractivity (Wildman–Crippen MR) is 164 cm³/mol. The van der Waals surface area contributed by atoms with E-state index in [0.29, 0.717) is 25.6 Å². The smallest absolute Gasteiger partial charge is 0.305 e. The Balaban J connectivity index is 0. The van der Waals surface area contributed by atoms with Crippen LogP contribution < -0.4 is 33.2 Å². The fraction of sp³-hybridized carbons (Fsp3) is 0.741. The van der Waals surface area contributed by atoms with Crippen LogP contribution in [0.2, 0.25) is 0 Å².